The topological polar surface area (TPSA) is 67.4 Å². The van der Waals surface area contributed by atoms with Crippen molar-refractivity contribution >= 4 is 29.9 Å². The van der Waals surface area contributed by atoms with Gasteiger partial charge in [-0.1, -0.05) is 0 Å². The van der Waals surface area contributed by atoms with E-state index < -0.39 is 0 Å². The van der Waals surface area contributed by atoms with Crippen LogP contribution in [0.5, 0.6) is 17.2 Å². The van der Waals surface area contributed by atoms with Gasteiger partial charge in [-0.25, -0.2) is 4.99 Å². The molecule has 1 aliphatic heterocycles. The van der Waals surface area contributed by atoms with Gasteiger partial charge in [-0.2, -0.15) is 0 Å². The molecular weight excluding hydrogens is 495 g/mol. The van der Waals surface area contributed by atoms with E-state index in [-0.39, 0.29) is 24.0 Å². The van der Waals surface area contributed by atoms with Crippen LogP contribution in [0.4, 0.5) is 0 Å². The molecule has 1 aromatic carbocycles. The summed E-state index contributed by atoms with van der Waals surface area (Å²) in [7, 11) is 4.86. The molecule has 1 atom stereocenters. The molecule has 0 amide bonds. The molecule has 0 aromatic heterocycles. The molecule has 2 rings (SSSR count). The van der Waals surface area contributed by atoms with Crippen molar-refractivity contribution in [2.75, 3.05) is 47.5 Å². The molecule has 1 aromatic rings. The van der Waals surface area contributed by atoms with Crippen LogP contribution in [0.3, 0.4) is 0 Å². The van der Waals surface area contributed by atoms with Crippen LogP contribution in [-0.4, -0.2) is 64.4 Å². The summed E-state index contributed by atoms with van der Waals surface area (Å²) in [6.45, 7) is 11.3. The van der Waals surface area contributed by atoms with Crippen molar-refractivity contribution in [1.82, 2.24) is 15.5 Å². The van der Waals surface area contributed by atoms with Crippen molar-refractivity contribution in [3.05, 3.63) is 17.7 Å². The molecule has 7 nitrogen and oxygen atoms in total. The number of ether oxygens (including phenoxy) is 3. The summed E-state index contributed by atoms with van der Waals surface area (Å²) in [4.78, 5) is 7.32. The van der Waals surface area contributed by atoms with Crippen LogP contribution in [0.15, 0.2) is 17.1 Å². The summed E-state index contributed by atoms with van der Waals surface area (Å²) in [6, 6.07) is 4.49. The van der Waals surface area contributed by atoms with Crippen molar-refractivity contribution in [1.29, 1.82) is 0 Å². The number of nitrogens with zero attached hydrogens (tertiary/aromatic N) is 2. The quantitative estimate of drug-likeness (QED) is 0.287. The number of guanidine groups is 1. The number of halogens is 1. The second kappa shape index (κ2) is 13.8. The lowest BCUT2D eigenvalue weighted by Gasteiger charge is -2.35. The van der Waals surface area contributed by atoms with Crippen molar-refractivity contribution in [3.8, 4) is 17.2 Å². The maximum absolute atomic E-state index is 5.44. The summed E-state index contributed by atoms with van der Waals surface area (Å²) in [5, 5.41) is 6.87. The molecule has 1 fully saturated rings. The zero-order valence-electron chi connectivity index (χ0n) is 19.3. The van der Waals surface area contributed by atoms with E-state index in [9.17, 15) is 0 Å². The Hall–Kier alpha value is -1.42. The van der Waals surface area contributed by atoms with E-state index >= 15 is 0 Å². The zero-order chi connectivity index (χ0) is 21.2. The molecule has 0 spiro atoms. The Morgan fingerprint density at radius 1 is 1.13 bits per heavy atom. The minimum absolute atomic E-state index is 0. The average molecular weight is 534 g/mol. The Balaban J connectivity index is 0.00000450. The fraction of sp³-hybridized carbons (Fsp3) is 0.682. The molecule has 172 valence electrons. The standard InChI is InChI=1S/C22H38N4O3.HI/c1-7-23-22(24-13-17-9-8-10-26(15-17)16(2)3)25-14-18-11-19(27-4)21(29-6)20(12-18)28-5;/h11-12,16-17H,7-10,13-15H2,1-6H3,(H2,23,24,25);1H. The summed E-state index contributed by atoms with van der Waals surface area (Å²) in [5.41, 5.74) is 1.00. The first-order valence-corrected chi connectivity index (χ1v) is 10.6. The SMILES string of the molecule is CCNC(=NCc1cc(OC)c(OC)c(OC)c1)NCC1CCCN(C(C)C)C1.I. The van der Waals surface area contributed by atoms with Gasteiger partial charge in [0.05, 0.1) is 27.9 Å². The van der Waals surface area contributed by atoms with Gasteiger partial charge in [0.1, 0.15) is 0 Å². The van der Waals surface area contributed by atoms with E-state index in [1.54, 1.807) is 21.3 Å². The number of benzene rings is 1. The average Bonchev–Trinajstić information content (AvgIpc) is 2.74. The van der Waals surface area contributed by atoms with Crippen molar-refractivity contribution < 1.29 is 14.2 Å². The van der Waals surface area contributed by atoms with Crippen LogP contribution in [0.1, 0.15) is 39.2 Å². The van der Waals surface area contributed by atoms with Gasteiger partial charge in [0, 0.05) is 25.7 Å². The lowest BCUT2D eigenvalue weighted by atomic mass is 9.97. The van der Waals surface area contributed by atoms with E-state index in [0.717, 1.165) is 31.2 Å². The Kier molecular flexibility index (Phi) is 12.2. The molecule has 1 saturated heterocycles. The molecule has 2 N–H and O–H groups in total. The van der Waals surface area contributed by atoms with Gasteiger partial charge in [0.25, 0.3) is 0 Å². The van der Waals surface area contributed by atoms with Crippen LogP contribution >= 0.6 is 24.0 Å². The first-order chi connectivity index (χ1) is 14.0. The number of aliphatic imine (C=N–C) groups is 1. The number of rotatable bonds is 9. The van der Waals surface area contributed by atoms with Crippen molar-refractivity contribution in [2.45, 2.75) is 46.2 Å². The highest BCUT2D eigenvalue weighted by Crippen LogP contribution is 2.38. The summed E-state index contributed by atoms with van der Waals surface area (Å²) < 4.78 is 16.3. The van der Waals surface area contributed by atoms with E-state index in [2.05, 4.69) is 36.3 Å². The third-order valence-electron chi connectivity index (χ3n) is 5.33. The number of likely N-dealkylation sites (tertiary alicyclic amines) is 1. The number of methoxy groups -OCH3 is 3. The summed E-state index contributed by atoms with van der Waals surface area (Å²) in [5.74, 6) is 3.37. The minimum atomic E-state index is 0. The highest BCUT2D eigenvalue weighted by Gasteiger charge is 2.21. The molecule has 0 saturated carbocycles. The molecule has 30 heavy (non-hydrogen) atoms. The Morgan fingerprint density at radius 2 is 1.80 bits per heavy atom. The fourth-order valence-electron chi connectivity index (χ4n) is 3.71. The molecular formula is C22H39IN4O3. The van der Waals surface area contributed by atoms with Crippen LogP contribution in [-0.2, 0) is 6.54 Å². The predicted octanol–water partition coefficient (Wildman–Crippen LogP) is 3.51. The monoisotopic (exact) mass is 534 g/mol. The molecule has 0 radical (unpaired) electrons. The first-order valence-electron chi connectivity index (χ1n) is 10.6. The van der Waals surface area contributed by atoms with Gasteiger partial charge in [0.2, 0.25) is 5.75 Å². The third kappa shape index (κ3) is 7.68. The van der Waals surface area contributed by atoms with E-state index in [4.69, 9.17) is 19.2 Å². The predicted molar refractivity (Wildman–Crippen MR) is 134 cm³/mol. The van der Waals surface area contributed by atoms with Crippen LogP contribution in [0.25, 0.3) is 0 Å². The second-order valence-electron chi connectivity index (χ2n) is 7.71. The summed E-state index contributed by atoms with van der Waals surface area (Å²) in [6.07, 6.45) is 2.53. The lowest BCUT2D eigenvalue weighted by Crippen LogP contribution is -2.46. The van der Waals surface area contributed by atoms with Crippen LogP contribution < -0.4 is 24.8 Å². The smallest absolute Gasteiger partial charge is 0.203 e. The highest BCUT2D eigenvalue weighted by molar-refractivity contribution is 14.0. The fourth-order valence-corrected chi connectivity index (χ4v) is 3.71. The van der Waals surface area contributed by atoms with E-state index in [0.29, 0.717) is 35.8 Å². The second-order valence-corrected chi connectivity index (χ2v) is 7.71. The van der Waals surface area contributed by atoms with Crippen molar-refractivity contribution in [2.24, 2.45) is 10.9 Å². The van der Waals surface area contributed by atoms with Gasteiger partial charge in [-0.05, 0) is 63.8 Å². The summed E-state index contributed by atoms with van der Waals surface area (Å²) >= 11 is 0. The van der Waals surface area contributed by atoms with Gasteiger partial charge in [0.15, 0.2) is 17.5 Å². The van der Waals surface area contributed by atoms with Gasteiger partial charge in [-0.15, -0.1) is 24.0 Å². The lowest BCUT2D eigenvalue weighted by molar-refractivity contribution is 0.141. The Morgan fingerprint density at radius 3 is 2.33 bits per heavy atom. The van der Waals surface area contributed by atoms with Gasteiger partial charge < -0.3 is 29.7 Å². The first kappa shape index (κ1) is 26.6. The minimum Gasteiger partial charge on any atom is -0.493 e. The highest BCUT2D eigenvalue weighted by atomic mass is 127. The molecule has 0 bridgehead atoms. The Bertz CT molecular complexity index is 645. The third-order valence-corrected chi connectivity index (χ3v) is 5.33. The molecule has 1 heterocycles. The number of hydrogen-bond acceptors (Lipinski definition) is 5. The van der Waals surface area contributed by atoms with Gasteiger partial charge >= 0.3 is 0 Å². The number of piperidine rings is 1. The van der Waals surface area contributed by atoms with Gasteiger partial charge in [-0.3, -0.25) is 0 Å². The number of nitrogens with one attached hydrogen (secondary N) is 2. The van der Waals surface area contributed by atoms with Crippen LogP contribution in [0.2, 0.25) is 0 Å². The largest absolute Gasteiger partial charge is 0.493 e. The Labute approximate surface area is 199 Å². The molecule has 0 aliphatic carbocycles. The van der Waals surface area contributed by atoms with E-state index in [1.807, 2.05) is 12.1 Å². The van der Waals surface area contributed by atoms with Crippen molar-refractivity contribution in [3.63, 3.8) is 0 Å². The van der Waals surface area contributed by atoms with Crippen LogP contribution in [0, 0.1) is 5.92 Å². The molecule has 8 heteroatoms. The zero-order valence-corrected chi connectivity index (χ0v) is 21.6. The maximum Gasteiger partial charge on any atom is 0.203 e. The molecule has 1 unspecified atom stereocenters. The normalized spacial score (nSPS) is 17.3. The number of hydrogen-bond donors (Lipinski definition) is 2. The van der Waals surface area contributed by atoms with E-state index in [1.165, 1.54) is 19.4 Å². The maximum atomic E-state index is 5.44. The molecule has 1 aliphatic rings.